The average Bonchev–Trinajstić information content (AvgIpc) is 2.42. The minimum absolute atomic E-state index is 0.0177. The highest BCUT2D eigenvalue weighted by Crippen LogP contribution is 2.27. The van der Waals surface area contributed by atoms with Gasteiger partial charge in [-0.05, 0) is 46.5 Å². The zero-order valence-corrected chi connectivity index (χ0v) is 12.5. The van der Waals surface area contributed by atoms with Gasteiger partial charge in [0, 0.05) is 12.1 Å². The molecule has 2 rings (SSSR count). The first-order valence-corrected chi connectivity index (χ1v) is 7.69. The number of carbonyl (C=O) groups excluding carboxylic acids is 1. The van der Waals surface area contributed by atoms with Crippen molar-refractivity contribution < 1.29 is 9.18 Å². The summed E-state index contributed by atoms with van der Waals surface area (Å²) in [4.78, 5) is 11.8. The fraction of sp³-hybridized carbons (Fsp3) is 0.533. The Balaban J connectivity index is 1.78. The highest BCUT2D eigenvalue weighted by atomic mass is 79.9. The third kappa shape index (κ3) is 4.60. The number of hydrogen-bond acceptors (Lipinski definition) is 1. The van der Waals surface area contributed by atoms with Gasteiger partial charge in [-0.25, -0.2) is 4.39 Å². The second kappa shape index (κ2) is 7.04. The number of carbonyl (C=O) groups is 1. The van der Waals surface area contributed by atoms with Crippen LogP contribution in [-0.2, 0) is 4.79 Å². The molecule has 0 saturated heterocycles. The number of halogens is 2. The van der Waals surface area contributed by atoms with Crippen LogP contribution in [0.15, 0.2) is 22.7 Å². The number of rotatable bonds is 4. The summed E-state index contributed by atoms with van der Waals surface area (Å²) in [5.74, 6) is 0.406. The molecule has 0 bridgehead atoms. The van der Waals surface area contributed by atoms with E-state index in [0.29, 0.717) is 22.5 Å². The molecule has 0 aromatic heterocycles. The van der Waals surface area contributed by atoms with Crippen LogP contribution in [0, 0.1) is 11.7 Å². The van der Waals surface area contributed by atoms with E-state index in [2.05, 4.69) is 21.2 Å². The minimum atomic E-state index is -0.319. The zero-order valence-electron chi connectivity index (χ0n) is 10.9. The van der Waals surface area contributed by atoms with Crippen molar-refractivity contribution in [2.24, 2.45) is 5.92 Å². The van der Waals surface area contributed by atoms with E-state index in [9.17, 15) is 9.18 Å². The summed E-state index contributed by atoms with van der Waals surface area (Å²) >= 11 is 3.11. The maximum atomic E-state index is 13.1. The monoisotopic (exact) mass is 327 g/mol. The van der Waals surface area contributed by atoms with E-state index < -0.39 is 0 Å². The van der Waals surface area contributed by atoms with Crippen LogP contribution in [0.4, 0.5) is 10.1 Å². The molecule has 1 aliphatic carbocycles. The van der Waals surface area contributed by atoms with E-state index in [-0.39, 0.29) is 11.7 Å². The molecule has 1 aromatic rings. The fourth-order valence-electron chi connectivity index (χ4n) is 2.61. The molecule has 0 heterocycles. The first kappa shape index (κ1) is 14.5. The molecule has 1 aliphatic rings. The van der Waals surface area contributed by atoms with E-state index in [0.717, 1.165) is 6.42 Å². The molecule has 1 amide bonds. The van der Waals surface area contributed by atoms with Crippen molar-refractivity contribution in [1.82, 2.24) is 0 Å². The molecule has 1 saturated carbocycles. The first-order valence-electron chi connectivity index (χ1n) is 6.90. The van der Waals surface area contributed by atoms with Crippen molar-refractivity contribution in [3.8, 4) is 0 Å². The molecule has 0 atom stereocenters. The van der Waals surface area contributed by atoms with Gasteiger partial charge in [0.1, 0.15) is 5.82 Å². The van der Waals surface area contributed by atoms with Gasteiger partial charge in [0.05, 0.1) is 4.47 Å². The predicted octanol–water partition coefficient (Wildman–Crippen LogP) is 4.89. The van der Waals surface area contributed by atoms with Gasteiger partial charge in [-0.15, -0.1) is 0 Å². The van der Waals surface area contributed by atoms with E-state index in [1.54, 1.807) is 12.1 Å². The minimum Gasteiger partial charge on any atom is -0.326 e. The topological polar surface area (TPSA) is 29.1 Å². The summed E-state index contributed by atoms with van der Waals surface area (Å²) in [6, 6.07) is 4.52. The molecule has 2 nitrogen and oxygen atoms in total. The molecule has 1 aromatic carbocycles. The predicted molar refractivity (Wildman–Crippen MR) is 78.5 cm³/mol. The van der Waals surface area contributed by atoms with E-state index in [1.807, 2.05) is 0 Å². The van der Waals surface area contributed by atoms with Gasteiger partial charge in [-0.2, -0.15) is 0 Å². The molecule has 0 aliphatic heterocycles. The molecule has 1 N–H and O–H groups in total. The van der Waals surface area contributed by atoms with Crippen LogP contribution in [-0.4, -0.2) is 5.91 Å². The van der Waals surface area contributed by atoms with E-state index >= 15 is 0 Å². The first-order chi connectivity index (χ1) is 9.15. The highest BCUT2D eigenvalue weighted by Gasteiger charge is 2.15. The lowest BCUT2D eigenvalue weighted by Crippen LogP contribution is -2.14. The number of amides is 1. The van der Waals surface area contributed by atoms with Crippen molar-refractivity contribution >= 4 is 27.5 Å². The van der Waals surface area contributed by atoms with Gasteiger partial charge in [0.25, 0.3) is 0 Å². The van der Waals surface area contributed by atoms with Crippen LogP contribution in [0.2, 0.25) is 0 Å². The van der Waals surface area contributed by atoms with Gasteiger partial charge in [0.2, 0.25) is 5.91 Å². The van der Waals surface area contributed by atoms with Crippen LogP contribution < -0.4 is 5.32 Å². The summed E-state index contributed by atoms with van der Waals surface area (Å²) in [6.45, 7) is 0. The summed E-state index contributed by atoms with van der Waals surface area (Å²) < 4.78 is 13.4. The molecule has 0 radical (unpaired) electrons. The maximum absolute atomic E-state index is 13.1. The van der Waals surface area contributed by atoms with Gasteiger partial charge < -0.3 is 5.32 Å². The van der Waals surface area contributed by atoms with E-state index in [4.69, 9.17) is 0 Å². The number of nitrogens with one attached hydrogen (secondary N) is 1. The lowest BCUT2D eigenvalue weighted by molar-refractivity contribution is -0.116. The number of hydrogen-bond donors (Lipinski definition) is 1. The molecule has 19 heavy (non-hydrogen) atoms. The van der Waals surface area contributed by atoms with Crippen molar-refractivity contribution in [3.05, 3.63) is 28.5 Å². The molecule has 4 heteroatoms. The molecule has 0 unspecified atom stereocenters. The Kier molecular flexibility index (Phi) is 5.37. The molecule has 104 valence electrons. The third-order valence-electron chi connectivity index (χ3n) is 3.71. The Bertz CT molecular complexity index is 444. The number of benzene rings is 1. The molecular formula is C15H19BrFNO. The van der Waals surface area contributed by atoms with Gasteiger partial charge in [-0.3, -0.25) is 4.79 Å². The Morgan fingerprint density at radius 3 is 2.74 bits per heavy atom. The largest absolute Gasteiger partial charge is 0.326 e. The summed E-state index contributed by atoms with van der Waals surface area (Å²) in [7, 11) is 0. The van der Waals surface area contributed by atoms with Crippen LogP contribution in [0.5, 0.6) is 0 Å². The Morgan fingerprint density at radius 2 is 2.05 bits per heavy atom. The van der Waals surface area contributed by atoms with Gasteiger partial charge in [-0.1, -0.05) is 32.1 Å². The van der Waals surface area contributed by atoms with Crippen molar-refractivity contribution in [1.29, 1.82) is 0 Å². The smallest absolute Gasteiger partial charge is 0.224 e. The molecular weight excluding hydrogens is 309 g/mol. The van der Waals surface area contributed by atoms with Gasteiger partial charge in [0.15, 0.2) is 0 Å². The van der Waals surface area contributed by atoms with Gasteiger partial charge >= 0.3 is 0 Å². The van der Waals surface area contributed by atoms with Crippen molar-refractivity contribution in [3.63, 3.8) is 0 Å². The lowest BCUT2D eigenvalue weighted by atomic mass is 9.86. The quantitative estimate of drug-likeness (QED) is 0.838. The standard InChI is InChI=1S/C15H19BrFNO/c16-13-10-12(7-8-14(13)17)18-15(19)9-6-11-4-2-1-3-5-11/h7-8,10-11H,1-6,9H2,(H,18,19). The van der Waals surface area contributed by atoms with Crippen LogP contribution in [0.1, 0.15) is 44.9 Å². The Hall–Kier alpha value is -0.900. The molecule has 0 spiro atoms. The second-order valence-electron chi connectivity index (χ2n) is 5.22. The maximum Gasteiger partial charge on any atom is 0.224 e. The average molecular weight is 328 g/mol. The van der Waals surface area contributed by atoms with Crippen molar-refractivity contribution in [2.75, 3.05) is 5.32 Å². The highest BCUT2D eigenvalue weighted by molar-refractivity contribution is 9.10. The van der Waals surface area contributed by atoms with Crippen LogP contribution in [0.25, 0.3) is 0 Å². The Labute approximate surface area is 121 Å². The third-order valence-corrected chi connectivity index (χ3v) is 4.32. The number of anilines is 1. The fourth-order valence-corrected chi connectivity index (χ4v) is 2.99. The SMILES string of the molecule is O=C(CCC1CCCCC1)Nc1ccc(F)c(Br)c1. The Morgan fingerprint density at radius 1 is 1.32 bits per heavy atom. The summed E-state index contributed by atoms with van der Waals surface area (Å²) in [6.07, 6.45) is 7.99. The normalized spacial score (nSPS) is 16.3. The lowest BCUT2D eigenvalue weighted by Gasteiger charge is -2.21. The second-order valence-corrected chi connectivity index (χ2v) is 6.07. The molecule has 1 fully saturated rings. The summed E-state index contributed by atoms with van der Waals surface area (Å²) in [5, 5.41) is 2.81. The summed E-state index contributed by atoms with van der Waals surface area (Å²) in [5.41, 5.74) is 0.641. The van der Waals surface area contributed by atoms with Crippen molar-refractivity contribution in [2.45, 2.75) is 44.9 Å². The van der Waals surface area contributed by atoms with E-state index in [1.165, 1.54) is 38.2 Å². The zero-order chi connectivity index (χ0) is 13.7. The van der Waals surface area contributed by atoms with Crippen LogP contribution >= 0.6 is 15.9 Å². The van der Waals surface area contributed by atoms with Crippen LogP contribution in [0.3, 0.4) is 0 Å².